The van der Waals surface area contributed by atoms with Crippen molar-refractivity contribution in [3.8, 4) is 17.0 Å². The molecular weight excluding hydrogens is 322 g/mol. The first kappa shape index (κ1) is 15.9. The molecule has 3 aliphatic heterocycles. The molecule has 0 spiro atoms. The number of hydrogen-bond acceptors (Lipinski definition) is 4. The molecule has 0 N–H and O–H groups in total. The lowest BCUT2D eigenvalue weighted by Crippen LogP contribution is -2.61. The third-order valence-corrected chi connectivity index (χ3v) is 5.71. The van der Waals surface area contributed by atoms with E-state index >= 15 is 0 Å². The van der Waals surface area contributed by atoms with Gasteiger partial charge in [0.15, 0.2) is 0 Å². The van der Waals surface area contributed by atoms with Gasteiger partial charge in [0.25, 0.3) is 0 Å². The van der Waals surface area contributed by atoms with Crippen LogP contribution in [-0.4, -0.2) is 40.6 Å². The van der Waals surface area contributed by atoms with Crippen molar-refractivity contribution >= 4 is 12.4 Å². The standard InChI is InChI=1S/C19H21N3O.ClH/c1-2-18(21-9-15(1)14-3-5-20-6-4-14)23-19-16-7-13-8-17(19)12-22(10-13)11-16;/h1-6,9,13,16-17,19H,7-8,10-12H2;1H. The van der Waals surface area contributed by atoms with E-state index in [1.165, 1.54) is 32.5 Å². The Morgan fingerprint density at radius 2 is 1.67 bits per heavy atom. The maximum atomic E-state index is 6.33. The molecule has 6 rings (SSSR count). The molecule has 1 aliphatic carbocycles. The second-order valence-corrected chi connectivity index (χ2v) is 7.28. The Hall–Kier alpha value is -1.65. The van der Waals surface area contributed by atoms with Crippen molar-refractivity contribution in [1.29, 1.82) is 0 Å². The van der Waals surface area contributed by atoms with Gasteiger partial charge in [-0.2, -0.15) is 0 Å². The van der Waals surface area contributed by atoms with Crippen LogP contribution in [0.25, 0.3) is 11.1 Å². The Morgan fingerprint density at radius 3 is 2.29 bits per heavy atom. The summed E-state index contributed by atoms with van der Waals surface area (Å²) in [5.41, 5.74) is 2.25. The van der Waals surface area contributed by atoms with Gasteiger partial charge in [0.05, 0.1) is 0 Å². The second kappa shape index (κ2) is 6.34. The Bertz CT molecular complexity index is 664. The Morgan fingerprint density at radius 1 is 0.917 bits per heavy atom. The third kappa shape index (κ3) is 2.78. The van der Waals surface area contributed by atoms with E-state index < -0.39 is 0 Å². The zero-order valence-electron chi connectivity index (χ0n) is 13.5. The molecule has 2 atom stereocenters. The molecule has 0 radical (unpaired) electrons. The second-order valence-electron chi connectivity index (χ2n) is 7.28. The zero-order valence-corrected chi connectivity index (χ0v) is 14.4. The minimum absolute atomic E-state index is 0. The van der Waals surface area contributed by atoms with Gasteiger partial charge in [-0.3, -0.25) is 4.98 Å². The summed E-state index contributed by atoms with van der Waals surface area (Å²) in [6, 6.07) is 8.12. The molecule has 24 heavy (non-hydrogen) atoms. The van der Waals surface area contributed by atoms with E-state index in [2.05, 4.69) is 20.9 Å². The van der Waals surface area contributed by atoms with E-state index in [0.717, 1.165) is 22.9 Å². The molecule has 0 amide bonds. The molecule has 4 bridgehead atoms. The van der Waals surface area contributed by atoms with E-state index in [9.17, 15) is 0 Å². The first-order valence-electron chi connectivity index (χ1n) is 8.60. The third-order valence-electron chi connectivity index (χ3n) is 5.71. The van der Waals surface area contributed by atoms with E-state index in [4.69, 9.17) is 4.74 Å². The number of hydrogen-bond donors (Lipinski definition) is 0. The molecule has 4 nitrogen and oxygen atoms in total. The molecule has 2 aromatic heterocycles. The minimum atomic E-state index is 0. The average molecular weight is 344 g/mol. The SMILES string of the molecule is Cl.c1cc(-c2ccc(OC3C4CC5CC3CN(C5)C4)nc2)ccn1. The summed E-state index contributed by atoms with van der Waals surface area (Å²) < 4.78 is 6.33. The highest BCUT2D eigenvalue weighted by molar-refractivity contribution is 5.85. The molecule has 4 aliphatic rings. The molecule has 126 valence electrons. The van der Waals surface area contributed by atoms with Crippen molar-refractivity contribution in [2.24, 2.45) is 17.8 Å². The van der Waals surface area contributed by atoms with E-state index in [0.29, 0.717) is 17.9 Å². The fourth-order valence-corrected chi connectivity index (χ4v) is 4.86. The number of ether oxygens (including phenoxy) is 1. The lowest BCUT2D eigenvalue weighted by molar-refractivity contribution is -0.0997. The van der Waals surface area contributed by atoms with Crippen molar-refractivity contribution in [2.45, 2.75) is 18.9 Å². The Labute approximate surface area is 148 Å². The van der Waals surface area contributed by atoms with Crippen molar-refractivity contribution in [1.82, 2.24) is 14.9 Å². The van der Waals surface area contributed by atoms with Gasteiger partial charge in [-0.25, -0.2) is 4.98 Å². The van der Waals surface area contributed by atoms with Gasteiger partial charge in [-0.15, -0.1) is 12.4 Å². The molecule has 3 saturated heterocycles. The van der Waals surface area contributed by atoms with Gasteiger partial charge in [-0.1, -0.05) is 0 Å². The predicted molar refractivity (Wildman–Crippen MR) is 95.3 cm³/mol. The summed E-state index contributed by atoms with van der Waals surface area (Å²) in [5, 5.41) is 0. The molecule has 2 aromatic rings. The summed E-state index contributed by atoms with van der Waals surface area (Å²) in [6.45, 7) is 3.75. The first-order valence-corrected chi connectivity index (χ1v) is 8.60. The normalized spacial score (nSPS) is 33.1. The van der Waals surface area contributed by atoms with Gasteiger partial charge >= 0.3 is 0 Å². The molecular formula is C19H22ClN3O. The molecule has 1 saturated carbocycles. The Kier molecular flexibility index (Phi) is 4.19. The number of piperidine rings is 3. The van der Waals surface area contributed by atoms with Crippen LogP contribution in [0.4, 0.5) is 0 Å². The first-order chi connectivity index (χ1) is 11.3. The highest BCUT2D eigenvalue weighted by atomic mass is 35.5. The summed E-state index contributed by atoms with van der Waals surface area (Å²) in [6.07, 6.45) is 8.57. The molecule has 5 heterocycles. The highest BCUT2D eigenvalue weighted by Gasteiger charge is 2.48. The van der Waals surface area contributed by atoms with Gasteiger partial charge in [0.2, 0.25) is 5.88 Å². The largest absolute Gasteiger partial charge is 0.474 e. The van der Waals surface area contributed by atoms with E-state index in [1.54, 1.807) is 0 Å². The fourth-order valence-electron chi connectivity index (χ4n) is 4.86. The maximum absolute atomic E-state index is 6.33. The highest BCUT2D eigenvalue weighted by Crippen LogP contribution is 2.44. The molecule has 5 heteroatoms. The molecule has 0 aromatic carbocycles. The van der Waals surface area contributed by atoms with Crippen LogP contribution in [0, 0.1) is 17.8 Å². The van der Waals surface area contributed by atoms with Crippen molar-refractivity contribution in [3.63, 3.8) is 0 Å². The zero-order chi connectivity index (χ0) is 15.2. The van der Waals surface area contributed by atoms with Crippen LogP contribution in [0.2, 0.25) is 0 Å². The van der Waals surface area contributed by atoms with Crippen LogP contribution in [-0.2, 0) is 0 Å². The van der Waals surface area contributed by atoms with Crippen LogP contribution >= 0.6 is 12.4 Å². The monoisotopic (exact) mass is 343 g/mol. The predicted octanol–water partition coefficient (Wildman–Crippen LogP) is 3.28. The van der Waals surface area contributed by atoms with E-state index in [-0.39, 0.29) is 12.4 Å². The summed E-state index contributed by atoms with van der Waals surface area (Å²) >= 11 is 0. The van der Waals surface area contributed by atoms with Crippen LogP contribution < -0.4 is 4.74 Å². The van der Waals surface area contributed by atoms with Crippen LogP contribution in [0.15, 0.2) is 42.9 Å². The topological polar surface area (TPSA) is 38.2 Å². The number of nitrogens with zero attached hydrogens (tertiary/aromatic N) is 3. The number of pyridine rings is 2. The van der Waals surface area contributed by atoms with Crippen molar-refractivity contribution in [3.05, 3.63) is 42.9 Å². The van der Waals surface area contributed by atoms with Crippen LogP contribution in [0.1, 0.15) is 12.8 Å². The van der Waals surface area contributed by atoms with E-state index in [1.807, 2.05) is 36.8 Å². The van der Waals surface area contributed by atoms with Crippen LogP contribution in [0.5, 0.6) is 5.88 Å². The summed E-state index contributed by atoms with van der Waals surface area (Å²) in [5.74, 6) is 3.08. The molecule has 2 unspecified atom stereocenters. The van der Waals surface area contributed by atoms with Gasteiger partial charge in [0.1, 0.15) is 6.10 Å². The number of aromatic nitrogens is 2. The van der Waals surface area contributed by atoms with Gasteiger partial charge in [-0.05, 0) is 42.5 Å². The van der Waals surface area contributed by atoms with Gasteiger partial charge in [0, 0.05) is 61.7 Å². The van der Waals surface area contributed by atoms with Crippen molar-refractivity contribution < 1.29 is 4.74 Å². The quantitative estimate of drug-likeness (QED) is 0.857. The number of halogens is 1. The number of rotatable bonds is 3. The fraction of sp³-hybridized carbons (Fsp3) is 0.474. The summed E-state index contributed by atoms with van der Waals surface area (Å²) in [4.78, 5) is 11.2. The van der Waals surface area contributed by atoms with Crippen LogP contribution in [0.3, 0.4) is 0 Å². The molecule has 4 fully saturated rings. The lowest BCUT2D eigenvalue weighted by atomic mass is 9.66. The van der Waals surface area contributed by atoms with Crippen molar-refractivity contribution in [2.75, 3.05) is 19.6 Å². The summed E-state index contributed by atoms with van der Waals surface area (Å²) in [7, 11) is 0. The maximum Gasteiger partial charge on any atom is 0.213 e. The van der Waals surface area contributed by atoms with Gasteiger partial charge < -0.3 is 9.64 Å². The minimum Gasteiger partial charge on any atom is -0.474 e. The smallest absolute Gasteiger partial charge is 0.213 e. The average Bonchev–Trinajstić information content (AvgIpc) is 2.59. The lowest BCUT2D eigenvalue weighted by Gasteiger charge is -2.55. The Balaban J connectivity index is 0.00000146.